The van der Waals surface area contributed by atoms with Crippen LogP contribution in [0.1, 0.15) is 26.3 Å². The minimum Gasteiger partial charge on any atom is -0.368 e. The molecule has 0 aliphatic heterocycles. The fourth-order valence-electron chi connectivity index (χ4n) is 2.14. The van der Waals surface area contributed by atoms with Crippen molar-refractivity contribution in [2.45, 2.75) is 27.3 Å². The zero-order valence-corrected chi connectivity index (χ0v) is 14.0. The molecular formula is C15H24BrN3O. The summed E-state index contributed by atoms with van der Waals surface area (Å²) < 4.78 is 1.04. The van der Waals surface area contributed by atoms with Crippen molar-refractivity contribution in [2.24, 2.45) is 11.7 Å². The molecule has 0 fully saturated rings. The Labute approximate surface area is 129 Å². The van der Waals surface area contributed by atoms with Crippen LogP contribution in [0.2, 0.25) is 0 Å². The third kappa shape index (κ3) is 5.51. The number of carbonyl (C=O) groups is 1. The summed E-state index contributed by atoms with van der Waals surface area (Å²) in [5.74, 6) is 0.160. The summed E-state index contributed by atoms with van der Waals surface area (Å²) in [7, 11) is 0. The van der Waals surface area contributed by atoms with E-state index in [1.807, 2.05) is 12.1 Å². The maximum atomic E-state index is 11.3. The Morgan fingerprint density at radius 2 is 2.15 bits per heavy atom. The van der Waals surface area contributed by atoms with Crippen molar-refractivity contribution in [2.75, 3.05) is 24.5 Å². The molecule has 0 aliphatic rings. The van der Waals surface area contributed by atoms with Gasteiger partial charge in [-0.2, -0.15) is 0 Å². The van der Waals surface area contributed by atoms with Crippen LogP contribution < -0.4 is 16.0 Å². The molecule has 0 saturated heterocycles. The lowest BCUT2D eigenvalue weighted by atomic mass is 10.1. The average molecular weight is 342 g/mol. The second-order valence-electron chi connectivity index (χ2n) is 5.29. The maximum Gasteiger partial charge on any atom is 0.236 e. The van der Waals surface area contributed by atoms with Crippen molar-refractivity contribution >= 4 is 27.5 Å². The first-order valence-corrected chi connectivity index (χ1v) is 7.75. The molecule has 0 radical (unpaired) electrons. The van der Waals surface area contributed by atoms with Crippen molar-refractivity contribution in [1.82, 2.24) is 5.32 Å². The zero-order chi connectivity index (χ0) is 15.1. The number of halogens is 1. The van der Waals surface area contributed by atoms with Crippen LogP contribution in [0.3, 0.4) is 0 Å². The molecule has 3 N–H and O–H groups in total. The highest BCUT2D eigenvalue weighted by molar-refractivity contribution is 9.10. The fourth-order valence-corrected chi connectivity index (χ4v) is 2.55. The molecule has 0 spiro atoms. The van der Waals surface area contributed by atoms with E-state index >= 15 is 0 Å². The van der Waals surface area contributed by atoms with Gasteiger partial charge in [-0.05, 0) is 36.2 Å². The Balaban J connectivity index is 3.06. The molecule has 1 aromatic rings. The molecule has 1 rings (SSSR count). The number of nitrogens with one attached hydrogen (secondary N) is 1. The van der Waals surface area contributed by atoms with Gasteiger partial charge in [-0.15, -0.1) is 0 Å². The quantitative estimate of drug-likeness (QED) is 0.763. The predicted octanol–water partition coefficient (Wildman–Crippen LogP) is 2.51. The van der Waals surface area contributed by atoms with E-state index in [1.165, 1.54) is 5.56 Å². The Morgan fingerprint density at radius 3 is 2.70 bits per heavy atom. The monoisotopic (exact) mass is 341 g/mol. The molecule has 0 unspecified atom stereocenters. The molecule has 1 amide bonds. The van der Waals surface area contributed by atoms with E-state index in [0.717, 1.165) is 29.8 Å². The Kier molecular flexibility index (Phi) is 7.02. The fraction of sp³-hybridized carbons (Fsp3) is 0.533. The van der Waals surface area contributed by atoms with Gasteiger partial charge in [0.05, 0.1) is 6.54 Å². The Hall–Kier alpha value is -1.07. The van der Waals surface area contributed by atoms with Crippen molar-refractivity contribution in [3.63, 3.8) is 0 Å². The van der Waals surface area contributed by atoms with Gasteiger partial charge in [-0.25, -0.2) is 0 Å². The van der Waals surface area contributed by atoms with Gasteiger partial charge in [-0.3, -0.25) is 4.79 Å². The summed E-state index contributed by atoms with van der Waals surface area (Å²) >= 11 is 3.50. The standard InChI is InChI=1S/C15H24BrN3O/c1-4-18-8-12-7-13(16)5-6-14(12)19(9-11(2)3)10-15(17)20/h5-7,11,18H,4,8-10H2,1-3H3,(H2,17,20). The number of primary amides is 1. The summed E-state index contributed by atoms with van der Waals surface area (Å²) in [6, 6.07) is 6.13. The number of nitrogens with two attached hydrogens (primary N) is 1. The van der Waals surface area contributed by atoms with Crippen molar-refractivity contribution in [3.8, 4) is 0 Å². The summed E-state index contributed by atoms with van der Waals surface area (Å²) in [5.41, 5.74) is 7.62. The minimum atomic E-state index is -0.303. The average Bonchev–Trinajstić information content (AvgIpc) is 2.34. The minimum absolute atomic E-state index is 0.249. The lowest BCUT2D eigenvalue weighted by Crippen LogP contribution is -2.37. The van der Waals surface area contributed by atoms with Gasteiger partial charge < -0.3 is 16.0 Å². The highest BCUT2D eigenvalue weighted by Crippen LogP contribution is 2.25. The van der Waals surface area contributed by atoms with Gasteiger partial charge in [0.1, 0.15) is 0 Å². The van der Waals surface area contributed by atoms with Gasteiger partial charge in [0.15, 0.2) is 0 Å². The lowest BCUT2D eigenvalue weighted by molar-refractivity contribution is -0.116. The molecule has 0 atom stereocenters. The van der Waals surface area contributed by atoms with Gasteiger partial charge >= 0.3 is 0 Å². The van der Waals surface area contributed by atoms with Gasteiger partial charge in [-0.1, -0.05) is 36.7 Å². The van der Waals surface area contributed by atoms with Crippen LogP contribution in [0, 0.1) is 5.92 Å². The van der Waals surface area contributed by atoms with E-state index in [2.05, 4.69) is 53.0 Å². The third-order valence-electron chi connectivity index (χ3n) is 2.88. The van der Waals surface area contributed by atoms with Crippen LogP contribution in [-0.2, 0) is 11.3 Å². The molecule has 0 aromatic heterocycles. The highest BCUT2D eigenvalue weighted by atomic mass is 79.9. The Bertz CT molecular complexity index is 449. The third-order valence-corrected chi connectivity index (χ3v) is 3.37. The van der Waals surface area contributed by atoms with Crippen molar-refractivity contribution in [1.29, 1.82) is 0 Å². The largest absolute Gasteiger partial charge is 0.368 e. The molecular weight excluding hydrogens is 318 g/mol. The number of rotatable bonds is 8. The first-order chi connectivity index (χ1) is 9.43. The van der Waals surface area contributed by atoms with Crippen LogP contribution in [0.5, 0.6) is 0 Å². The van der Waals surface area contributed by atoms with E-state index in [9.17, 15) is 4.79 Å². The van der Waals surface area contributed by atoms with Crippen molar-refractivity contribution < 1.29 is 4.79 Å². The number of hydrogen-bond acceptors (Lipinski definition) is 3. The molecule has 0 heterocycles. The van der Waals surface area contributed by atoms with Gasteiger partial charge in [0.2, 0.25) is 5.91 Å². The van der Waals surface area contributed by atoms with Crippen LogP contribution in [0.4, 0.5) is 5.69 Å². The number of hydrogen-bond donors (Lipinski definition) is 2. The summed E-state index contributed by atoms with van der Waals surface area (Å²) in [6.45, 7) is 9.09. The smallest absolute Gasteiger partial charge is 0.236 e. The van der Waals surface area contributed by atoms with Gasteiger partial charge in [0, 0.05) is 23.2 Å². The highest BCUT2D eigenvalue weighted by Gasteiger charge is 2.15. The molecule has 20 heavy (non-hydrogen) atoms. The molecule has 4 nitrogen and oxygen atoms in total. The topological polar surface area (TPSA) is 58.4 Å². The second kappa shape index (κ2) is 8.27. The number of amides is 1. The van der Waals surface area contributed by atoms with Crippen LogP contribution in [-0.4, -0.2) is 25.5 Å². The summed E-state index contributed by atoms with van der Waals surface area (Å²) in [4.78, 5) is 13.4. The number of anilines is 1. The number of benzene rings is 1. The van der Waals surface area contributed by atoms with E-state index in [0.29, 0.717) is 5.92 Å². The number of carbonyl (C=O) groups excluding carboxylic acids is 1. The van der Waals surface area contributed by atoms with E-state index < -0.39 is 0 Å². The van der Waals surface area contributed by atoms with Crippen LogP contribution >= 0.6 is 15.9 Å². The Morgan fingerprint density at radius 1 is 1.45 bits per heavy atom. The maximum absolute atomic E-state index is 11.3. The first-order valence-electron chi connectivity index (χ1n) is 6.96. The molecule has 0 aliphatic carbocycles. The molecule has 112 valence electrons. The predicted molar refractivity (Wildman–Crippen MR) is 87.8 cm³/mol. The van der Waals surface area contributed by atoms with E-state index in [-0.39, 0.29) is 12.5 Å². The van der Waals surface area contributed by atoms with Crippen molar-refractivity contribution in [3.05, 3.63) is 28.2 Å². The summed E-state index contributed by atoms with van der Waals surface area (Å²) in [5, 5.41) is 3.33. The SMILES string of the molecule is CCNCc1cc(Br)ccc1N(CC(N)=O)CC(C)C. The molecule has 5 heteroatoms. The molecule has 1 aromatic carbocycles. The van der Waals surface area contributed by atoms with Gasteiger partial charge in [0.25, 0.3) is 0 Å². The summed E-state index contributed by atoms with van der Waals surface area (Å²) in [6.07, 6.45) is 0. The molecule has 0 saturated carbocycles. The molecule has 0 bridgehead atoms. The van der Waals surface area contributed by atoms with E-state index in [4.69, 9.17) is 5.73 Å². The zero-order valence-electron chi connectivity index (χ0n) is 12.4. The second-order valence-corrected chi connectivity index (χ2v) is 6.21. The number of nitrogens with zero attached hydrogens (tertiary/aromatic N) is 1. The van der Waals surface area contributed by atoms with Crippen LogP contribution in [0.25, 0.3) is 0 Å². The lowest BCUT2D eigenvalue weighted by Gasteiger charge is -2.28. The van der Waals surface area contributed by atoms with E-state index in [1.54, 1.807) is 0 Å². The normalized spacial score (nSPS) is 10.8. The van der Waals surface area contributed by atoms with Crippen LogP contribution in [0.15, 0.2) is 22.7 Å². The first kappa shape index (κ1) is 17.0.